The summed E-state index contributed by atoms with van der Waals surface area (Å²) in [6.45, 7) is 0.477. The molecule has 1 aromatic heterocycles. The molecule has 25 heavy (non-hydrogen) atoms. The van der Waals surface area contributed by atoms with Gasteiger partial charge in [0.2, 0.25) is 0 Å². The Balaban J connectivity index is 1.69. The number of nitrogens with zero attached hydrogens (tertiary/aromatic N) is 2. The molecule has 5 nitrogen and oxygen atoms in total. The maximum Gasteiger partial charge on any atom is 0.256 e. The standard InChI is InChI=1S/C18H15Cl2N3O2/c1-25-15-4-2-3-12(9-15)18(24)21-17-7-8-23(22-17)11-13-5-6-14(19)10-16(13)20/h2-10H,11H2,1H3,(H,21,22,24). The minimum Gasteiger partial charge on any atom is -0.497 e. The lowest BCUT2D eigenvalue weighted by atomic mass is 10.2. The third-order valence-corrected chi connectivity index (χ3v) is 4.15. The van der Waals surface area contributed by atoms with Gasteiger partial charge in [-0.25, -0.2) is 0 Å². The Labute approximate surface area is 155 Å². The van der Waals surface area contributed by atoms with Gasteiger partial charge in [-0.15, -0.1) is 0 Å². The van der Waals surface area contributed by atoms with Crippen LogP contribution in [0.25, 0.3) is 0 Å². The lowest BCUT2D eigenvalue weighted by molar-refractivity contribution is 0.102. The molecule has 7 heteroatoms. The Morgan fingerprint density at radius 1 is 1.20 bits per heavy atom. The fourth-order valence-corrected chi connectivity index (χ4v) is 2.76. The lowest BCUT2D eigenvalue weighted by Gasteiger charge is -2.06. The molecule has 0 fully saturated rings. The molecule has 0 atom stereocenters. The summed E-state index contributed by atoms with van der Waals surface area (Å²) in [5, 5.41) is 8.26. The smallest absolute Gasteiger partial charge is 0.256 e. The molecule has 0 spiro atoms. The molecule has 0 aliphatic carbocycles. The van der Waals surface area contributed by atoms with Crippen molar-refractivity contribution < 1.29 is 9.53 Å². The number of ether oxygens (including phenoxy) is 1. The zero-order chi connectivity index (χ0) is 17.8. The van der Waals surface area contributed by atoms with Gasteiger partial charge in [0, 0.05) is 27.9 Å². The summed E-state index contributed by atoms with van der Waals surface area (Å²) in [4.78, 5) is 12.3. The first kappa shape index (κ1) is 17.3. The Bertz CT molecular complexity index is 909. The highest BCUT2D eigenvalue weighted by molar-refractivity contribution is 6.35. The number of benzene rings is 2. The summed E-state index contributed by atoms with van der Waals surface area (Å²) < 4.78 is 6.81. The minimum absolute atomic E-state index is 0.256. The van der Waals surface area contributed by atoms with Crippen molar-refractivity contribution in [2.24, 2.45) is 0 Å². The highest BCUT2D eigenvalue weighted by atomic mass is 35.5. The van der Waals surface area contributed by atoms with Crippen molar-refractivity contribution in [3.63, 3.8) is 0 Å². The average Bonchev–Trinajstić information content (AvgIpc) is 3.04. The molecule has 0 saturated carbocycles. The average molecular weight is 376 g/mol. The van der Waals surface area contributed by atoms with Crippen molar-refractivity contribution in [1.82, 2.24) is 9.78 Å². The van der Waals surface area contributed by atoms with Gasteiger partial charge in [0.15, 0.2) is 5.82 Å². The lowest BCUT2D eigenvalue weighted by Crippen LogP contribution is -2.13. The monoisotopic (exact) mass is 375 g/mol. The van der Waals surface area contributed by atoms with Crippen molar-refractivity contribution in [3.8, 4) is 5.75 Å². The van der Waals surface area contributed by atoms with Crippen LogP contribution in [0.4, 0.5) is 5.82 Å². The van der Waals surface area contributed by atoms with Gasteiger partial charge < -0.3 is 10.1 Å². The van der Waals surface area contributed by atoms with Crippen LogP contribution < -0.4 is 10.1 Å². The van der Waals surface area contributed by atoms with Crippen molar-refractivity contribution in [1.29, 1.82) is 0 Å². The van der Waals surface area contributed by atoms with Crippen molar-refractivity contribution >= 4 is 34.9 Å². The number of amides is 1. The number of carbonyl (C=O) groups excluding carboxylic acids is 1. The number of hydrogen-bond donors (Lipinski definition) is 1. The van der Waals surface area contributed by atoms with Gasteiger partial charge in [-0.3, -0.25) is 9.48 Å². The first-order valence-electron chi connectivity index (χ1n) is 7.48. The molecule has 2 aromatic carbocycles. The van der Waals surface area contributed by atoms with E-state index < -0.39 is 0 Å². The zero-order valence-corrected chi connectivity index (χ0v) is 14.9. The Morgan fingerprint density at radius 3 is 2.80 bits per heavy atom. The molecule has 1 heterocycles. The van der Waals surface area contributed by atoms with Crippen LogP contribution in [0.3, 0.4) is 0 Å². The predicted molar refractivity (Wildman–Crippen MR) is 98.7 cm³/mol. The van der Waals surface area contributed by atoms with Gasteiger partial charge in [-0.1, -0.05) is 35.3 Å². The van der Waals surface area contributed by atoms with Gasteiger partial charge in [0.1, 0.15) is 5.75 Å². The third kappa shape index (κ3) is 4.32. The maximum absolute atomic E-state index is 12.3. The Hall–Kier alpha value is -2.50. The topological polar surface area (TPSA) is 56.1 Å². The molecule has 0 aliphatic heterocycles. The Morgan fingerprint density at radius 2 is 2.04 bits per heavy atom. The zero-order valence-electron chi connectivity index (χ0n) is 13.4. The van der Waals surface area contributed by atoms with Crippen LogP contribution in [0.1, 0.15) is 15.9 Å². The predicted octanol–water partition coefficient (Wildman–Crippen LogP) is 4.50. The van der Waals surface area contributed by atoms with E-state index in [0.717, 1.165) is 5.56 Å². The normalized spacial score (nSPS) is 10.5. The van der Waals surface area contributed by atoms with E-state index >= 15 is 0 Å². The second kappa shape index (κ2) is 7.59. The van der Waals surface area contributed by atoms with Gasteiger partial charge >= 0.3 is 0 Å². The third-order valence-electron chi connectivity index (χ3n) is 3.56. The van der Waals surface area contributed by atoms with E-state index in [1.54, 1.807) is 60.5 Å². The minimum atomic E-state index is -0.256. The first-order valence-corrected chi connectivity index (χ1v) is 8.23. The second-order valence-electron chi connectivity index (χ2n) is 5.32. The molecular weight excluding hydrogens is 361 g/mol. The second-order valence-corrected chi connectivity index (χ2v) is 6.16. The van der Waals surface area contributed by atoms with Crippen molar-refractivity contribution in [2.45, 2.75) is 6.54 Å². The first-order chi connectivity index (χ1) is 12.0. The molecule has 1 amide bonds. The molecule has 128 valence electrons. The molecule has 1 N–H and O–H groups in total. The van der Waals surface area contributed by atoms with Crippen LogP contribution in [-0.4, -0.2) is 22.8 Å². The summed E-state index contributed by atoms with van der Waals surface area (Å²) in [5.74, 6) is 0.821. The number of anilines is 1. The van der Waals surface area contributed by atoms with E-state index in [4.69, 9.17) is 27.9 Å². The van der Waals surface area contributed by atoms with Crippen LogP contribution in [0, 0.1) is 0 Å². The fourth-order valence-electron chi connectivity index (χ4n) is 2.29. The van der Waals surface area contributed by atoms with E-state index in [2.05, 4.69) is 10.4 Å². The number of rotatable bonds is 5. The molecule has 0 unspecified atom stereocenters. The molecule has 0 bridgehead atoms. The fraction of sp³-hybridized carbons (Fsp3) is 0.111. The number of methoxy groups -OCH3 is 1. The van der Waals surface area contributed by atoms with Crippen LogP contribution in [-0.2, 0) is 6.54 Å². The van der Waals surface area contributed by atoms with E-state index in [0.29, 0.717) is 33.7 Å². The SMILES string of the molecule is COc1cccc(C(=O)Nc2ccn(Cc3ccc(Cl)cc3Cl)n2)c1. The van der Waals surface area contributed by atoms with Gasteiger partial charge in [-0.05, 0) is 35.9 Å². The van der Waals surface area contributed by atoms with E-state index in [1.807, 2.05) is 6.07 Å². The van der Waals surface area contributed by atoms with E-state index in [9.17, 15) is 4.79 Å². The number of aromatic nitrogens is 2. The van der Waals surface area contributed by atoms with Gasteiger partial charge in [0.05, 0.1) is 13.7 Å². The summed E-state index contributed by atoms with van der Waals surface area (Å²) >= 11 is 12.1. The molecule has 0 radical (unpaired) electrons. The van der Waals surface area contributed by atoms with Crippen LogP contribution in [0.2, 0.25) is 10.0 Å². The van der Waals surface area contributed by atoms with Crippen molar-refractivity contribution in [3.05, 3.63) is 75.9 Å². The van der Waals surface area contributed by atoms with Gasteiger partial charge in [0.25, 0.3) is 5.91 Å². The Kier molecular flexibility index (Phi) is 5.26. The van der Waals surface area contributed by atoms with Crippen LogP contribution in [0.5, 0.6) is 5.75 Å². The number of hydrogen-bond acceptors (Lipinski definition) is 3. The summed E-state index contributed by atoms with van der Waals surface area (Å²) in [7, 11) is 1.56. The largest absolute Gasteiger partial charge is 0.497 e. The van der Waals surface area contributed by atoms with Gasteiger partial charge in [-0.2, -0.15) is 5.10 Å². The molecule has 3 rings (SSSR count). The summed E-state index contributed by atoms with van der Waals surface area (Å²) in [5.41, 5.74) is 1.38. The number of halogens is 2. The van der Waals surface area contributed by atoms with E-state index in [-0.39, 0.29) is 5.91 Å². The summed E-state index contributed by atoms with van der Waals surface area (Å²) in [6, 6.07) is 14.0. The highest BCUT2D eigenvalue weighted by Crippen LogP contribution is 2.22. The number of nitrogens with one attached hydrogen (secondary N) is 1. The van der Waals surface area contributed by atoms with Crippen LogP contribution in [0.15, 0.2) is 54.7 Å². The summed E-state index contributed by atoms with van der Waals surface area (Å²) in [6.07, 6.45) is 1.77. The van der Waals surface area contributed by atoms with Crippen LogP contribution >= 0.6 is 23.2 Å². The van der Waals surface area contributed by atoms with Crippen molar-refractivity contribution in [2.75, 3.05) is 12.4 Å². The molecular formula is C18H15Cl2N3O2. The number of carbonyl (C=O) groups is 1. The molecule has 0 saturated heterocycles. The maximum atomic E-state index is 12.3. The molecule has 3 aromatic rings. The highest BCUT2D eigenvalue weighted by Gasteiger charge is 2.10. The molecule has 0 aliphatic rings. The quantitative estimate of drug-likeness (QED) is 0.714. The van der Waals surface area contributed by atoms with E-state index in [1.165, 1.54) is 0 Å².